The number of aryl methyl sites for hydroxylation is 1. The van der Waals surface area contributed by atoms with Gasteiger partial charge in [-0.25, -0.2) is 9.59 Å². The van der Waals surface area contributed by atoms with E-state index in [9.17, 15) is 14.4 Å². The molecule has 1 atom stereocenters. The first-order chi connectivity index (χ1) is 15.4. The summed E-state index contributed by atoms with van der Waals surface area (Å²) in [5.41, 5.74) is 8.19. The number of nitrogens with one attached hydrogen (secondary N) is 2. The molecule has 0 saturated carbocycles. The van der Waals surface area contributed by atoms with Crippen LogP contribution in [0.1, 0.15) is 30.4 Å². The normalized spacial score (nSPS) is 11.7. The van der Waals surface area contributed by atoms with Crippen molar-refractivity contribution in [1.82, 2.24) is 5.32 Å². The molecule has 0 saturated heterocycles. The van der Waals surface area contributed by atoms with Crippen LogP contribution in [0.5, 0.6) is 0 Å². The fourth-order valence-corrected chi connectivity index (χ4v) is 3.22. The van der Waals surface area contributed by atoms with Gasteiger partial charge in [-0.05, 0) is 49.4 Å². The fraction of sp³-hybridized carbons (Fsp3) is 0.292. The lowest BCUT2D eigenvalue weighted by Gasteiger charge is -2.13. The van der Waals surface area contributed by atoms with Crippen LogP contribution in [0.3, 0.4) is 0 Å². The molecule has 3 rings (SSSR count). The summed E-state index contributed by atoms with van der Waals surface area (Å²) in [4.78, 5) is 35.6. The molecule has 0 spiro atoms. The second kappa shape index (κ2) is 11.1. The molecule has 0 aliphatic heterocycles. The quantitative estimate of drug-likeness (QED) is 0.348. The fourth-order valence-electron chi connectivity index (χ4n) is 3.22. The van der Waals surface area contributed by atoms with E-state index >= 15 is 0 Å². The molecule has 0 aliphatic rings. The van der Waals surface area contributed by atoms with Gasteiger partial charge in [-0.3, -0.25) is 4.79 Å². The van der Waals surface area contributed by atoms with Gasteiger partial charge in [-0.1, -0.05) is 30.3 Å². The van der Waals surface area contributed by atoms with Crippen LogP contribution in [0.4, 0.5) is 10.5 Å². The smallest absolute Gasteiger partial charge is 0.407 e. The molecule has 4 N–H and O–H groups in total. The lowest BCUT2D eigenvalue weighted by molar-refractivity contribution is -0.117. The maximum atomic E-state index is 12.4. The lowest BCUT2D eigenvalue weighted by atomic mass is 10.1. The third-order valence-corrected chi connectivity index (χ3v) is 4.98. The molecular formula is C24H27N3O5. The number of amides is 2. The van der Waals surface area contributed by atoms with Gasteiger partial charge in [0.25, 0.3) is 0 Å². The highest BCUT2D eigenvalue weighted by atomic mass is 16.5. The third kappa shape index (κ3) is 6.68. The van der Waals surface area contributed by atoms with Crippen molar-refractivity contribution in [3.8, 4) is 0 Å². The van der Waals surface area contributed by atoms with Crippen molar-refractivity contribution < 1.29 is 18.7 Å². The molecule has 8 nitrogen and oxygen atoms in total. The number of rotatable bonds is 9. The second-order valence-electron chi connectivity index (χ2n) is 7.54. The van der Waals surface area contributed by atoms with E-state index in [2.05, 4.69) is 10.6 Å². The summed E-state index contributed by atoms with van der Waals surface area (Å²) in [6, 6.07) is 15.3. The van der Waals surface area contributed by atoms with Gasteiger partial charge in [-0.15, -0.1) is 0 Å². The average molecular weight is 437 g/mol. The van der Waals surface area contributed by atoms with Crippen LogP contribution in [-0.2, 0) is 16.1 Å². The van der Waals surface area contributed by atoms with Gasteiger partial charge in [0, 0.05) is 29.8 Å². The predicted octanol–water partition coefficient (Wildman–Crippen LogP) is 3.46. The van der Waals surface area contributed by atoms with Crippen LogP contribution < -0.4 is 22.0 Å². The van der Waals surface area contributed by atoms with Crippen LogP contribution in [0.2, 0.25) is 0 Å². The maximum Gasteiger partial charge on any atom is 0.407 e. The van der Waals surface area contributed by atoms with Gasteiger partial charge < -0.3 is 25.5 Å². The Balaban J connectivity index is 1.36. The van der Waals surface area contributed by atoms with Crippen LogP contribution in [0.15, 0.2) is 63.8 Å². The third-order valence-electron chi connectivity index (χ3n) is 4.98. The molecule has 32 heavy (non-hydrogen) atoms. The summed E-state index contributed by atoms with van der Waals surface area (Å²) in [6.45, 7) is 2.48. The van der Waals surface area contributed by atoms with Gasteiger partial charge in [0.1, 0.15) is 12.2 Å². The van der Waals surface area contributed by atoms with E-state index in [1.165, 1.54) is 6.07 Å². The first-order valence-corrected chi connectivity index (χ1v) is 10.5. The number of hydrogen-bond acceptors (Lipinski definition) is 6. The van der Waals surface area contributed by atoms with E-state index in [0.717, 1.165) is 16.5 Å². The summed E-state index contributed by atoms with van der Waals surface area (Å²) in [5, 5.41) is 6.24. The summed E-state index contributed by atoms with van der Waals surface area (Å²) in [6.07, 6.45) is 1.32. The Kier molecular flexibility index (Phi) is 7.99. The second-order valence-corrected chi connectivity index (χ2v) is 7.54. The first kappa shape index (κ1) is 23.0. The molecule has 168 valence electrons. The van der Waals surface area contributed by atoms with Crippen molar-refractivity contribution in [2.75, 3.05) is 11.9 Å². The molecule has 0 radical (unpaired) electrons. The minimum Gasteiger partial charge on any atom is -0.445 e. The van der Waals surface area contributed by atoms with E-state index in [0.29, 0.717) is 37.1 Å². The van der Waals surface area contributed by atoms with Gasteiger partial charge in [-0.2, -0.15) is 0 Å². The van der Waals surface area contributed by atoms with Crippen molar-refractivity contribution in [2.24, 2.45) is 5.73 Å². The Morgan fingerprint density at radius 2 is 1.88 bits per heavy atom. The number of carbonyl (C=O) groups is 2. The summed E-state index contributed by atoms with van der Waals surface area (Å²) in [5.74, 6) is -0.324. The van der Waals surface area contributed by atoms with Crippen molar-refractivity contribution in [3.63, 3.8) is 0 Å². The Labute approximate surface area is 185 Å². The van der Waals surface area contributed by atoms with Crippen LogP contribution in [0.25, 0.3) is 11.0 Å². The van der Waals surface area contributed by atoms with Crippen molar-refractivity contribution in [2.45, 2.75) is 38.8 Å². The predicted molar refractivity (Wildman–Crippen MR) is 122 cm³/mol. The zero-order valence-corrected chi connectivity index (χ0v) is 17.9. The number of nitrogens with two attached hydrogens (primary N) is 1. The summed E-state index contributed by atoms with van der Waals surface area (Å²) < 4.78 is 10.3. The topological polar surface area (TPSA) is 124 Å². The van der Waals surface area contributed by atoms with E-state index < -0.39 is 17.8 Å². The summed E-state index contributed by atoms with van der Waals surface area (Å²) in [7, 11) is 0. The van der Waals surface area contributed by atoms with Gasteiger partial charge in [0.2, 0.25) is 5.91 Å². The van der Waals surface area contributed by atoms with Crippen molar-refractivity contribution >= 4 is 28.7 Å². The minimum atomic E-state index is -0.694. The molecule has 0 fully saturated rings. The highest BCUT2D eigenvalue weighted by Crippen LogP contribution is 2.21. The van der Waals surface area contributed by atoms with Crippen LogP contribution >= 0.6 is 0 Å². The number of anilines is 1. The number of fused-ring (bicyclic) bond motifs is 1. The first-order valence-electron chi connectivity index (χ1n) is 10.5. The van der Waals surface area contributed by atoms with Crippen LogP contribution in [-0.4, -0.2) is 24.6 Å². The molecule has 0 bridgehead atoms. The zero-order valence-electron chi connectivity index (χ0n) is 17.9. The lowest BCUT2D eigenvalue weighted by Crippen LogP contribution is -2.35. The highest BCUT2D eigenvalue weighted by Gasteiger charge is 2.14. The van der Waals surface area contributed by atoms with Crippen molar-refractivity contribution in [3.05, 3.63) is 76.1 Å². The van der Waals surface area contributed by atoms with Gasteiger partial charge >= 0.3 is 11.7 Å². The van der Waals surface area contributed by atoms with Crippen LogP contribution in [0, 0.1) is 6.92 Å². The molecule has 3 aromatic rings. The number of alkyl carbamates (subject to hydrolysis) is 1. The number of hydrogen-bond donors (Lipinski definition) is 3. The molecule has 2 aromatic carbocycles. The maximum absolute atomic E-state index is 12.4. The Hall–Kier alpha value is -3.65. The summed E-state index contributed by atoms with van der Waals surface area (Å²) >= 11 is 0. The van der Waals surface area contributed by atoms with E-state index in [4.69, 9.17) is 14.9 Å². The Morgan fingerprint density at radius 3 is 2.66 bits per heavy atom. The zero-order chi connectivity index (χ0) is 22.9. The number of benzene rings is 2. The average Bonchev–Trinajstić information content (AvgIpc) is 2.77. The van der Waals surface area contributed by atoms with Gasteiger partial charge in [0.05, 0.1) is 6.04 Å². The molecule has 0 aliphatic carbocycles. The van der Waals surface area contributed by atoms with E-state index in [1.807, 2.05) is 37.3 Å². The number of carbonyl (C=O) groups excluding carboxylic acids is 2. The Bertz CT molecular complexity index is 1130. The molecule has 8 heteroatoms. The highest BCUT2D eigenvalue weighted by molar-refractivity contribution is 5.96. The Morgan fingerprint density at radius 1 is 1.09 bits per heavy atom. The molecule has 1 unspecified atom stereocenters. The number of ether oxygens (including phenoxy) is 1. The molecule has 1 heterocycles. The van der Waals surface area contributed by atoms with E-state index in [1.54, 1.807) is 18.2 Å². The monoisotopic (exact) mass is 437 g/mol. The molecule has 2 amide bonds. The van der Waals surface area contributed by atoms with Gasteiger partial charge in [0.15, 0.2) is 0 Å². The largest absolute Gasteiger partial charge is 0.445 e. The standard InChI is InChI=1S/C24H27N3O5/c1-16-13-22(28)32-21-14-18(10-11-19(16)21)27-23(29)20(25)9-5-6-12-26-24(30)31-15-17-7-3-2-4-8-17/h2-4,7-8,10-11,13-14,20H,5-6,9,12,15,25H2,1H3,(H,26,30)(H,27,29). The molecule has 1 aromatic heterocycles. The van der Waals surface area contributed by atoms with E-state index in [-0.39, 0.29) is 12.5 Å². The SMILES string of the molecule is Cc1cc(=O)oc2cc(NC(=O)C(N)CCCCNC(=O)OCc3ccccc3)ccc12. The van der Waals surface area contributed by atoms with Crippen molar-refractivity contribution in [1.29, 1.82) is 0 Å². The minimum absolute atomic E-state index is 0.218. The number of unbranched alkanes of at least 4 members (excludes halogenated alkanes) is 1. The molecular weight excluding hydrogens is 410 g/mol.